The van der Waals surface area contributed by atoms with Crippen LogP contribution < -0.4 is 16.0 Å². The van der Waals surface area contributed by atoms with Crippen molar-refractivity contribution in [3.05, 3.63) is 47.7 Å². The number of carbonyl (C=O) groups is 2. The second kappa shape index (κ2) is 8.77. The number of aromatic nitrogens is 2. The van der Waals surface area contributed by atoms with Crippen molar-refractivity contribution < 1.29 is 9.59 Å². The first kappa shape index (κ1) is 18.4. The molecule has 25 heavy (non-hydrogen) atoms. The van der Waals surface area contributed by atoms with E-state index in [2.05, 4.69) is 26.1 Å². The van der Waals surface area contributed by atoms with Gasteiger partial charge in [0.15, 0.2) is 5.69 Å². The highest BCUT2D eigenvalue weighted by atomic mass is 16.2. The lowest BCUT2D eigenvalue weighted by molar-refractivity contribution is -0.116. The van der Waals surface area contributed by atoms with Crippen LogP contribution in [-0.4, -0.2) is 29.1 Å². The van der Waals surface area contributed by atoms with Crippen LogP contribution in [0.3, 0.4) is 0 Å². The van der Waals surface area contributed by atoms with Gasteiger partial charge in [0.25, 0.3) is 5.91 Å². The van der Waals surface area contributed by atoms with E-state index in [-0.39, 0.29) is 17.5 Å². The Balaban J connectivity index is 1.93. The molecule has 2 aromatic rings. The number of nitrogens with zero attached hydrogens (tertiary/aromatic N) is 2. The molecule has 0 saturated carbocycles. The Morgan fingerprint density at radius 1 is 1.12 bits per heavy atom. The molecule has 2 amide bonds. The van der Waals surface area contributed by atoms with Gasteiger partial charge in [-0.1, -0.05) is 26.0 Å². The molecule has 0 fully saturated rings. The number of benzene rings is 1. The summed E-state index contributed by atoms with van der Waals surface area (Å²) in [6.07, 6.45) is 0.496. The topological polar surface area (TPSA) is 96.0 Å². The minimum absolute atomic E-state index is 0.00997. The van der Waals surface area contributed by atoms with Crippen LogP contribution in [0.5, 0.6) is 0 Å². The monoisotopic (exact) mass is 341 g/mol. The zero-order chi connectivity index (χ0) is 18.2. The highest BCUT2D eigenvalue weighted by molar-refractivity contribution is 5.92. The van der Waals surface area contributed by atoms with E-state index in [0.29, 0.717) is 24.7 Å². The molecule has 0 radical (unpaired) electrons. The van der Waals surface area contributed by atoms with E-state index < -0.39 is 0 Å². The summed E-state index contributed by atoms with van der Waals surface area (Å²) < 4.78 is 0. The molecule has 0 saturated heterocycles. The van der Waals surface area contributed by atoms with Crippen LogP contribution in [0, 0.1) is 5.92 Å². The van der Waals surface area contributed by atoms with E-state index in [1.807, 2.05) is 38.1 Å². The average molecular weight is 341 g/mol. The Labute approximate surface area is 147 Å². The van der Waals surface area contributed by atoms with Crippen molar-refractivity contribution in [1.82, 2.24) is 15.5 Å². The van der Waals surface area contributed by atoms with Gasteiger partial charge in [-0.3, -0.25) is 9.59 Å². The van der Waals surface area contributed by atoms with Crippen molar-refractivity contribution in [3.8, 4) is 0 Å². The van der Waals surface area contributed by atoms with Crippen LogP contribution in [0.15, 0.2) is 36.4 Å². The molecule has 7 heteroatoms. The van der Waals surface area contributed by atoms with Crippen molar-refractivity contribution in [2.24, 2.45) is 5.92 Å². The van der Waals surface area contributed by atoms with Gasteiger partial charge in [-0.2, -0.15) is 0 Å². The fraction of sp³-hybridized carbons (Fsp3) is 0.333. The minimum atomic E-state index is -0.274. The smallest absolute Gasteiger partial charge is 0.271 e. The molecule has 0 spiro atoms. The summed E-state index contributed by atoms with van der Waals surface area (Å²) in [5, 5.41) is 16.4. The number of hydrogen-bond donors (Lipinski definition) is 3. The van der Waals surface area contributed by atoms with Crippen LogP contribution in [0.4, 0.5) is 11.5 Å². The Kier molecular flexibility index (Phi) is 6.45. The third-order valence-corrected chi connectivity index (χ3v) is 3.40. The zero-order valence-corrected chi connectivity index (χ0v) is 14.7. The number of anilines is 2. The summed E-state index contributed by atoms with van der Waals surface area (Å²) >= 11 is 0. The predicted octanol–water partition coefficient (Wildman–Crippen LogP) is 2.43. The van der Waals surface area contributed by atoms with Crippen molar-refractivity contribution in [3.63, 3.8) is 0 Å². The molecule has 7 nitrogen and oxygen atoms in total. The SMILES string of the molecule is CNC(=O)c1ccc(NCc2cccc(NC(=O)CC(C)C)c2)nn1. The standard InChI is InChI=1S/C18H23N5O2/c1-12(2)9-17(24)21-14-6-4-5-13(10-14)11-20-16-8-7-15(22-23-16)18(25)19-3/h4-8,10,12H,9,11H2,1-3H3,(H,19,25)(H,20,23)(H,21,24). The predicted molar refractivity (Wildman–Crippen MR) is 97.3 cm³/mol. The van der Waals surface area contributed by atoms with Gasteiger partial charge in [0.05, 0.1) is 0 Å². The number of hydrogen-bond acceptors (Lipinski definition) is 5. The second-order valence-corrected chi connectivity index (χ2v) is 6.08. The molecule has 0 unspecified atom stereocenters. The normalized spacial score (nSPS) is 10.4. The van der Waals surface area contributed by atoms with E-state index >= 15 is 0 Å². The molecule has 0 aliphatic carbocycles. The maximum atomic E-state index is 11.8. The molecule has 2 rings (SSSR count). The van der Waals surface area contributed by atoms with E-state index in [1.165, 1.54) is 0 Å². The Morgan fingerprint density at radius 3 is 2.56 bits per heavy atom. The van der Waals surface area contributed by atoms with E-state index in [4.69, 9.17) is 0 Å². The van der Waals surface area contributed by atoms with Crippen molar-refractivity contribution in [2.45, 2.75) is 26.8 Å². The van der Waals surface area contributed by atoms with E-state index in [9.17, 15) is 9.59 Å². The third-order valence-electron chi connectivity index (χ3n) is 3.40. The molecule has 0 bridgehead atoms. The molecule has 0 atom stereocenters. The average Bonchev–Trinajstić information content (AvgIpc) is 2.59. The fourth-order valence-electron chi connectivity index (χ4n) is 2.21. The molecule has 0 aliphatic heterocycles. The van der Waals surface area contributed by atoms with Gasteiger partial charge >= 0.3 is 0 Å². The highest BCUT2D eigenvalue weighted by Gasteiger charge is 2.07. The highest BCUT2D eigenvalue weighted by Crippen LogP contribution is 2.13. The van der Waals surface area contributed by atoms with Crippen LogP contribution >= 0.6 is 0 Å². The Bertz CT molecular complexity index is 729. The van der Waals surface area contributed by atoms with Crippen molar-refractivity contribution in [1.29, 1.82) is 0 Å². The molecule has 1 aromatic heterocycles. The summed E-state index contributed by atoms with van der Waals surface area (Å²) in [6.45, 7) is 4.55. The van der Waals surface area contributed by atoms with Gasteiger partial charge in [-0.15, -0.1) is 10.2 Å². The largest absolute Gasteiger partial charge is 0.365 e. The maximum absolute atomic E-state index is 11.8. The maximum Gasteiger partial charge on any atom is 0.271 e. The first-order chi connectivity index (χ1) is 12.0. The van der Waals surface area contributed by atoms with Gasteiger partial charge in [-0.05, 0) is 35.7 Å². The summed E-state index contributed by atoms with van der Waals surface area (Å²) in [4.78, 5) is 23.3. The fourth-order valence-corrected chi connectivity index (χ4v) is 2.21. The zero-order valence-electron chi connectivity index (χ0n) is 14.7. The lowest BCUT2D eigenvalue weighted by Crippen LogP contribution is -2.19. The number of amides is 2. The second-order valence-electron chi connectivity index (χ2n) is 6.08. The molecular formula is C18H23N5O2. The lowest BCUT2D eigenvalue weighted by atomic mass is 10.1. The first-order valence-corrected chi connectivity index (χ1v) is 8.16. The summed E-state index contributed by atoms with van der Waals surface area (Å²) in [6, 6.07) is 10.9. The molecule has 1 heterocycles. The summed E-state index contributed by atoms with van der Waals surface area (Å²) in [5.74, 6) is 0.628. The van der Waals surface area contributed by atoms with Crippen LogP contribution in [0.2, 0.25) is 0 Å². The van der Waals surface area contributed by atoms with Gasteiger partial charge in [0.2, 0.25) is 5.91 Å². The Hall–Kier alpha value is -2.96. The van der Waals surface area contributed by atoms with Gasteiger partial charge in [0.1, 0.15) is 5.82 Å². The van der Waals surface area contributed by atoms with Gasteiger partial charge < -0.3 is 16.0 Å². The van der Waals surface area contributed by atoms with Crippen LogP contribution in [-0.2, 0) is 11.3 Å². The lowest BCUT2D eigenvalue weighted by Gasteiger charge is -2.10. The van der Waals surface area contributed by atoms with Crippen molar-refractivity contribution >= 4 is 23.3 Å². The third kappa shape index (κ3) is 5.87. The molecule has 132 valence electrons. The van der Waals surface area contributed by atoms with E-state index in [0.717, 1.165) is 11.3 Å². The van der Waals surface area contributed by atoms with E-state index in [1.54, 1.807) is 19.2 Å². The van der Waals surface area contributed by atoms with Crippen LogP contribution in [0.25, 0.3) is 0 Å². The summed E-state index contributed by atoms with van der Waals surface area (Å²) in [5.41, 5.74) is 2.04. The van der Waals surface area contributed by atoms with Gasteiger partial charge in [0, 0.05) is 25.7 Å². The summed E-state index contributed by atoms with van der Waals surface area (Å²) in [7, 11) is 1.54. The molecular weight excluding hydrogens is 318 g/mol. The molecule has 1 aromatic carbocycles. The molecule has 3 N–H and O–H groups in total. The number of nitrogens with one attached hydrogen (secondary N) is 3. The minimum Gasteiger partial charge on any atom is -0.365 e. The van der Waals surface area contributed by atoms with Crippen LogP contribution in [0.1, 0.15) is 36.3 Å². The van der Waals surface area contributed by atoms with Gasteiger partial charge in [-0.25, -0.2) is 0 Å². The van der Waals surface area contributed by atoms with Crippen molar-refractivity contribution in [2.75, 3.05) is 17.7 Å². The number of carbonyl (C=O) groups excluding carboxylic acids is 2. The Morgan fingerprint density at radius 2 is 1.92 bits per heavy atom. The first-order valence-electron chi connectivity index (χ1n) is 8.16. The molecule has 0 aliphatic rings. The quantitative estimate of drug-likeness (QED) is 0.719. The number of rotatable bonds is 7.